The summed E-state index contributed by atoms with van der Waals surface area (Å²) >= 11 is 1.36. The normalized spacial score (nSPS) is 15.1. The Morgan fingerprint density at radius 3 is 2.58 bits per heavy atom. The summed E-state index contributed by atoms with van der Waals surface area (Å²) in [5, 5.41) is 17.9. The zero-order chi connectivity index (χ0) is 21.6. The number of aromatic nitrogens is 3. The van der Waals surface area contributed by atoms with Crippen LogP contribution < -0.4 is 10.1 Å². The van der Waals surface area contributed by atoms with E-state index in [0.717, 1.165) is 30.6 Å². The third-order valence-electron chi connectivity index (χ3n) is 5.92. The Morgan fingerprint density at radius 2 is 1.94 bits per heavy atom. The minimum atomic E-state index is -0.992. The number of ether oxygens (including phenoxy) is 1. The molecule has 0 saturated carbocycles. The van der Waals surface area contributed by atoms with Crippen molar-refractivity contribution in [2.75, 3.05) is 0 Å². The Morgan fingerprint density at radius 1 is 1.23 bits per heavy atom. The lowest BCUT2D eigenvalue weighted by atomic mass is 9.99. The first kappa shape index (κ1) is 20.2. The number of hydrogen-bond acceptors (Lipinski definition) is 6. The maximum Gasteiger partial charge on any atom is 0.414 e. The molecular formula is C23H26N4O3S. The van der Waals surface area contributed by atoms with Crippen LogP contribution in [0.5, 0.6) is 5.88 Å². The highest BCUT2D eigenvalue weighted by molar-refractivity contribution is 7.11. The minimum absolute atomic E-state index is 0.279. The monoisotopic (exact) mass is 438 g/mol. The SMILES string of the molecule is CC(C)(O)c1ncc(CNC(=O)Oc2ccn(-c3c4c(cc5c3CCC5)CCC4)n2)s1. The lowest BCUT2D eigenvalue weighted by molar-refractivity contribution is 0.0783. The number of thiazole rings is 1. The minimum Gasteiger partial charge on any atom is -0.390 e. The second kappa shape index (κ2) is 7.76. The fourth-order valence-electron chi connectivity index (χ4n) is 4.51. The number of amides is 1. The second-order valence-corrected chi connectivity index (χ2v) is 9.86. The molecule has 0 spiro atoms. The van der Waals surface area contributed by atoms with E-state index in [1.165, 1.54) is 52.1 Å². The van der Waals surface area contributed by atoms with Gasteiger partial charge in [-0.25, -0.2) is 14.5 Å². The molecule has 2 aliphatic carbocycles. The smallest absolute Gasteiger partial charge is 0.390 e. The van der Waals surface area contributed by atoms with Gasteiger partial charge in [0.2, 0.25) is 5.88 Å². The summed E-state index contributed by atoms with van der Waals surface area (Å²) in [5.74, 6) is 0.279. The largest absolute Gasteiger partial charge is 0.414 e. The van der Waals surface area contributed by atoms with Crippen molar-refractivity contribution in [2.45, 2.75) is 64.5 Å². The zero-order valence-electron chi connectivity index (χ0n) is 17.8. The van der Waals surface area contributed by atoms with Crippen LogP contribution in [0.2, 0.25) is 0 Å². The third kappa shape index (κ3) is 3.97. The molecule has 1 amide bonds. The average Bonchev–Trinajstić information content (AvgIpc) is 3.50. The van der Waals surface area contributed by atoms with E-state index in [1.54, 1.807) is 26.1 Å². The number of benzene rings is 1. The fraction of sp³-hybridized carbons (Fsp3) is 0.435. The molecule has 1 aromatic carbocycles. The molecule has 2 N–H and O–H groups in total. The lowest BCUT2D eigenvalue weighted by Gasteiger charge is -2.14. The first-order valence-electron chi connectivity index (χ1n) is 10.7. The molecule has 31 heavy (non-hydrogen) atoms. The van der Waals surface area contributed by atoms with Gasteiger partial charge in [-0.3, -0.25) is 0 Å². The van der Waals surface area contributed by atoms with Gasteiger partial charge >= 0.3 is 6.09 Å². The van der Waals surface area contributed by atoms with Gasteiger partial charge in [0, 0.05) is 23.3 Å². The predicted octanol–water partition coefficient (Wildman–Crippen LogP) is 3.82. The third-order valence-corrected chi connectivity index (χ3v) is 7.23. The van der Waals surface area contributed by atoms with Crippen molar-refractivity contribution >= 4 is 17.4 Å². The molecule has 0 unspecified atom stereocenters. The van der Waals surface area contributed by atoms with Gasteiger partial charge in [-0.15, -0.1) is 16.4 Å². The summed E-state index contributed by atoms with van der Waals surface area (Å²) in [5.41, 5.74) is 5.89. The van der Waals surface area contributed by atoms with Crippen molar-refractivity contribution in [3.05, 3.63) is 56.7 Å². The molecule has 0 saturated heterocycles. The van der Waals surface area contributed by atoms with Gasteiger partial charge in [-0.1, -0.05) is 6.07 Å². The quantitative estimate of drug-likeness (QED) is 0.632. The molecule has 2 aromatic heterocycles. The lowest BCUT2D eigenvalue weighted by Crippen LogP contribution is -2.26. The molecule has 7 nitrogen and oxygen atoms in total. The van der Waals surface area contributed by atoms with E-state index in [-0.39, 0.29) is 12.4 Å². The number of nitrogens with one attached hydrogen (secondary N) is 1. The topological polar surface area (TPSA) is 89.3 Å². The van der Waals surface area contributed by atoms with Gasteiger partial charge in [0.1, 0.15) is 10.6 Å². The van der Waals surface area contributed by atoms with Crippen LogP contribution in [0.15, 0.2) is 24.5 Å². The number of rotatable bonds is 5. The first-order valence-corrected chi connectivity index (χ1v) is 11.6. The molecule has 0 atom stereocenters. The number of aliphatic hydroxyl groups is 1. The van der Waals surface area contributed by atoms with Crippen LogP contribution >= 0.6 is 11.3 Å². The van der Waals surface area contributed by atoms with Gasteiger partial charge in [-0.2, -0.15) is 0 Å². The molecule has 0 bridgehead atoms. The molecule has 0 aliphatic heterocycles. The standard InChI is InChI=1S/C23H26N4O3S/c1-23(2,29)21-24-12-16(31-21)13-25-22(28)30-19-9-10-27(26-19)20-17-7-3-5-14(17)11-15-6-4-8-18(15)20/h9-12,29H,3-8,13H2,1-2H3,(H,25,28). The molecule has 8 heteroatoms. The summed E-state index contributed by atoms with van der Waals surface area (Å²) in [6.45, 7) is 3.66. The van der Waals surface area contributed by atoms with E-state index in [4.69, 9.17) is 4.74 Å². The Labute approximate surface area is 185 Å². The van der Waals surface area contributed by atoms with Gasteiger partial charge in [-0.05, 0) is 74.6 Å². The highest BCUT2D eigenvalue weighted by Crippen LogP contribution is 2.37. The number of hydrogen-bond donors (Lipinski definition) is 2. The number of carbonyl (C=O) groups excluding carboxylic acids is 1. The first-order chi connectivity index (χ1) is 14.9. The van der Waals surface area contributed by atoms with Gasteiger partial charge < -0.3 is 15.2 Å². The van der Waals surface area contributed by atoms with Crippen molar-refractivity contribution in [2.24, 2.45) is 0 Å². The summed E-state index contributed by atoms with van der Waals surface area (Å²) < 4.78 is 7.29. The molecule has 3 aromatic rings. The van der Waals surface area contributed by atoms with E-state index in [9.17, 15) is 9.90 Å². The van der Waals surface area contributed by atoms with Crippen molar-refractivity contribution in [3.8, 4) is 11.6 Å². The highest BCUT2D eigenvalue weighted by Gasteiger charge is 2.26. The highest BCUT2D eigenvalue weighted by atomic mass is 32.1. The number of fused-ring (bicyclic) bond motifs is 2. The average molecular weight is 439 g/mol. The Bertz CT molecular complexity index is 1110. The zero-order valence-corrected chi connectivity index (χ0v) is 18.6. The number of carbonyl (C=O) groups is 1. The Hall–Kier alpha value is -2.71. The van der Waals surface area contributed by atoms with E-state index >= 15 is 0 Å². The number of aryl methyl sites for hydroxylation is 2. The second-order valence-electron chi connectivity index (χ2n) is 8.74. The Balaban J connectivity index is 1.28. The molecule has 5 rings (SSSR count). The van der Waals surface area contributed by atoms with Crippen LogP contribution in [0.3, 0.4) is 0 Å². The van der Waals surface area contributed by atoms with Crippen LogP contribution in [0.4, 0.5) is 4.79 Å². The van der Waals surface area contributed by atoms with E-state index < -0.39 is 11.7 Å². The summed E-state index contributed by atoms with van der Waals surface area (Å²) in [4.78, 5) is 17.3. The molecule has 0 radical (unpaired) electrons. The van der Waals surface area contributed by atoms with Gasteiger partial charge in [0.25, 0.3) is 0 Å². The predicted molar refractivity (Wildman–Crippen MR) is 118 cm³/mol. The van der Waals surface area contributed by atoms with Crippen LogP contribution in [0.25, 0.3) is 5.69 Å². The summed E-state index contributed by atoms with van der Waals surface area (Å²) in [7, 11) is 0. The van der Waals surface area contributed by atoms with Crippen molar-refractivity contribution in [1.29, 1.82) is 0 Å². The number of nitrogens with zero attached hydrogens (tertiary/aromatic N) is 3. The van der Waals surface area contributed by atoms with E-state index in [2.05, 4.69) is 21.5 Å². The maximum absolute atomic E-state index is 12.3. The molecule has 2 heterocycles. The van der Waals surface area contributed by atoms with Crippen LogP contribution in [-0.2, 0) is 37.8 Å². The molecule has 162 valence electrons. The summed E-state index contributed by atoms with van der Waals surface area (Å²) in [6, 6.07) is 4.12. The Kier molecular flexibility index (Phi) is 5.06. The van der Waals surface area contributed by atoms with Crippen LogP contribution in [-0.4, -0.2) is 26.0 Å². The van der Waals surface area contributed by atoms with Crippen LogP contribution in [0.1, 0.15) is 58.8 Å². The van der Waals surface area contributed by atoms with Crippen molar-refractivity contribution in [1.82, 2.24) is 20.1 Å². The van der Waals surface area contributed by atoms with Crippen molar-refractivity contribution in [3.63, 3.8) is 0 Å². The van der Waals surface area contributed by atoms with E-state index in [1.807, 2.05) is 10.9 Å². The molecule has 0 fully saturated rings. The molecule has 2 aliphatic rings. The summed E-state index contributed by atoms with van der Waals surface area (Å²) in [6.07, 6.45) is 9.77. The molecular weight excluding hydrogens is 412 g/mol. The van der Waals surface area contributed by atoms with E-state index in [0.29, 0.717) is 5.01 Å². The van der Waals surface area contributed by atoms with Crippen LogP contribution in [0, 0.1) is 0 Å². The van der Waals surface area contributed by atoms with Gasteiger partial charge in [0.05, 0.1) is 12.2 Å². The fourth-order valence-corrected chi connectivity index (χ4v) is 5.36. The maximum atomic E-state index is 12.3. The van der Waals surface area contributed by atoms with Crippen molar-refractivity contribution < 1.29 is 14.6 Å². The van der Waals surface area contributed by atoms with Gasteiger partial charge in [0.15, 0.2) is 0 Å².